The number of benzene rings is 1. The first-order chi connectivity index (χ1) is 14.0. The molecule has 3 aromatic rings. The molecule has 0 fully saturated rings. The quantitative estimate of drug-likeness (QED) is 0.609. The highest BCUT2D eigenvalue weighted by atomic mass is 35.5. The molecule has 0 radical (unpaired) electrons. The molecule has 0 saturated carbocycles. The third kappa shape index (κ3) is 4.52. The summed E-state index contributed by atoms with van der Waals surface area (Å²) in [5, 5.41) is 8.25. The zero-order chi connectivity index (χ0) is 20.4. The second-order valence-corrected chi connectivity index (χ2v) is 8.58. The number of carbonyl (C=O) groups is 2. The zero-order valence-electron chi connectivity index (χ0n) is 15.3. The van der Waals surface area contributed by atoms with Crippen molar-refractivity contribution in [3.63, 3.8) is 0 Å². The molecule has 0 atom stereocenters. The Kier molecular flexibility index (Phi) is 5.70. The Hall–Kier alpha value is -2.62. The highest BCUT2D eigenvalue weighted by Gasteiger charge is 2.20. The molecular weight excluding hydrogens is 434 g/mol. The summed E-state index contributed by atoms with van der Waals surface area (Å²) < 4.78 is 11.0. The number of thiazole rings is 1. The van der Waals surface area contributed by atoms with Gasteiger partial charge in [0.15, 0.2) is 16.6 Å². The summed E-state index contributed by atoms with van der Waals surface area (Å²) in [4.78, 5) is 30.1. The molecule has 3 heterocycles. The van der Waals surface area contributed by atoms with Crippen molar-refractivity contribution in [3.8, 4) is 22.1 Å². The van der Waals surface area contributed by atoms with Gasteiger partial charge in [-0.15, -0.1) is 22.7 Å². The Bertz CT molecular complexity index is 1080. The van der Waals surface area contributed by atoms with Gasteiger partial charge in [-0.25, -0.2) is 4.98 Å². The Morgan fingerprint density at radius 3 is 2.90 bits per heavy atom. The van der Waals surface area contributed by atoms with Gasteiger partial charge in [0.05, 0.1) is 22.1 Å². The zero-order valence-corrected chi connectivity index (χ0v) is 17.7. The summed E-state index contributed by atoms with van der Waals surface area (Å²) >= 11 is 9.08. The summed E-state index contributed by atoms with van der Waals surface area (Å²) in [5.74, 6) is 0.512. The van der Waals surface area contributed by atoms with Crippen molar-refractivity contribution in [1.29, 1.82) is 0 Å². The molecular formula is C19H16ClN3O4S2. The van der Waals surface area contributed by atoms with Crippen LogP contribution in [0.4, 0.5) is 5.13 Å². The smallest absolute Gasteiger partial charge is 0.257 e. The van der Waals surface area contributed by atoms with Crippen LogP contribution in [0.2, 0.25) is 5.02 Å². The molecule has 4 rings (SSSR count). The average Bonchev–Trinajstić information content (AvgIpc) is 3.35. The number of fused-ring (bicyclic) bond motifs is 1. The third-order valence-electron chi connectivity index (χ3n) is 4.01. The number of ether oxygens (including phenoxy) is 2. The normalized spacial score (nSPS) is 12.5. The van der Waals surface area contributed by atoms with E-state index in [0.29, 0.717) is 47.0 Å². The van der Waals surface area contributed by atoms with E-state index in [-0.39, 0.29) is 11.8 Å². The molecule has 1 aliphatic heterocycles. The fourth-order valence-corrected chi connectivity index (χ4v) is 4.63. The maximum atomic E-state index is 12.6. The van der Waals surface area contributed by atoms with Crippen LogP contribution < -0.4 is 20.1 Å². The first-order valence-corrected chi connectivity index (χ1v) is 10.8. The van der Waals surface area contributed by atoms with Gasteiger partial charge in [0, 0.05) is 22.7 Å². The van der Waals surface area contributed by atoms with Crippen molar-refractivity contribution in [1.82, 2.24) is 10.3 Å². The SMILES string of the molecule is CC(=O)NCc1ccc(-c2csc(NC(=O)c3cc(Cl)c4c(c3)OCCO4)n2)s1. The van der Waals surface area contributed by atoms with Gasteiger partial charge >= 0.3 is 0 Å². The molecule has 2 amide bonds. The van der Waals surface area contributed by atoms with Crippen molar-refractivity contribution >= 4 is 51.2 Å². The number of aromatic nitrogens is 1. The van der Waals surface area contributed by atoms with E-state index in [1.165, 1.54) is 18.3 Å². The largest absolute Gasteiger partial charge is 0.486 e. The highest BCUT2D eigenvalue weighted by molar-refractivity contribution is 7.17. The van der Waals surface area contributed by atoms with E-state index in [1.54, 1.807) is 23.5 Å². The Labute approximate surface area is 179 Å². The maximum absolute atomic E-state index is 12.6. The number of nitrogens with one attached hydrogen (secondary N) is 2. The predicted molar refractivity (Wildman–Crippen MR) is 113 cm³/mol. The number of anilines is 1. The number of amides is 2. The van der Waals surface area contributed by atoms with Gasteiger partial charge in [-0.3, -0.25) is 14.9 Å². The average molecular weight is 450 g/mol. The number of hydrogen-bond donors (Lipinski definition) is 2. The van der Waals surface area contributed by atoms with E-state index in [0.717, 1.165) is 15.4 Å². The highest BCUT2D eigenvalue weighted by Crippen LogP contribution is 2.38. The number of hydrogen-bond acceptors (Lipinski definition) is 7. The second-order valence-electron chi connectivity index (χ2n) is 6.15. The molecule has 0 aliphatic carbocycles. The lowest BCUT2D eigenvalue weighted by molar-refractivity contribution is -0.119. The number of halogens is 1. The van der Waals surface area contributed by atoms with Crippen LogP contribution in [0.5, 0.6) is 11.5 Å². The van der Waals surface area contributed by atoms with Gasteiger partial charge in [0.25, 0.3) is 5.91 Å². The lowest BCUT2D eigenvalue weighted by Crippen LogP contribution is -2.17. The Balaban J connectivity index is 1.46. The van der Waals surface area contributed by atoms with Gasteiger partial charge in [0.1, 0.15) is 13.2 Å². The van der Waals surface area contributed by atoms with E-state index in [1.807, 2.05) is 17.5 Å². The summed E-state index contributed by atoms with van der Waals surface area (Å²) in [6, 6.07) is 7.05. The van der Waals surface area contributed by atoms with E-state index >= 15 is 0 Å². The molecule has 0 unspecified atom stereocenters. The standard InChI is InChI=1S/C19H16ClN3O4S2/c1-10(24)21-8-12-2-3-16(29-12)14-9-28-19(22-14)23-18(25)11-6-13(20)17-15(7-11)26-4-5-27-17/h2-3,6-7,9H,4-5,8H2,1H3,(H,21,24)(H,22,23,25). The molecule has 150 valence electrons. The maximum Gasteiger partial charge on any atom is 0.257 e. The lowest BCUT2D eigenvalue weighted by atomic mass is 10.2. The van der Waals surface area contributed by atoms with Crippen LogP contribution >= 0.6 is 34.3 Å². The van der Waals surface area contributed by atoms with Crippen LogP contribution in [-0.4, -0.2) is 30.0 Å². The molecule has 0 spiro atoms. The molecule has 2 N–H and O–H groups in total. The number of nitrogens with zero attached hydrogens (tertiary/aromatic N) is 1. The van der Waals surface area contributed by atoms with Crippen molar-refractivity contribution < 1.29 is 19.1 Å². The molecule has 29 heavy (non-hydrogen) atoms. The van der Waals surface area contributed by atoms with Crippen molar-refractivity contribution in [2.45, 2.75) is 13.5 Å². The molecule has 2 aromatic heterocycles. The van der Waals surface area contributed by atoms with Crippen LogP contribution in [-0.2, 0) is 11.3 Å². The minimum absolute atomic E-state index is 0.0714. The van der Waals surface area contributed by atoms with E-state index < -0.39 is 0 Å². The monoisotopic (exact) mass is 449 g/mol. The number of thiophene rings is 1. The fourth-order valence-electron chi connectivity index (χ4n) is 2.68. The van der Waals surface area contributed by atoms with Crippen molar-refractivity contribution in [2.24, 2.45) is 0 Å². The van der Waals surface area contributed by atoms with Crippen LogP contribution in [0.3, 0.4) is 0 Å². The summed E-state index contributed by atoms with van der Waals surface area (Å²) in [7, 11) is 0. The van der Waals surface area contributed by atoms with Gasteiger partial charge in [-0.05, 0) is 24.3 Å². The molecule has 0 bridgehead atoms. The molecule has 10 heteroatoms. The van der Waals surface area contributed by atoms with E-state index in [2.05, 4.69) is 15.6 Å². The van der Waals surface area contributed by atoms with Crippen molar-refractivity contribution in [2.75, 3.05) is 18.5 Å². The molecule has 1 aliphatic rings. The van der Waals surface area contributed by atoms with E-state index in [4.69, 9.17) is 21.1 Å². The van der Waals surface area contributed by atoms with Crippen LogP contribution in [0.25, 0.3) is 10.6 Å². The number of carbonyl (C=O) groups excluding carboxylic acids is 2. The Morgan fingerprint density at radius 2 is 2.07 bits per heavy atom. The summed E-state index contributed by atoms with van der Waals surface area (Å²) in [6.07, 6.45) is 0. The topological polar surface area (TPSA) is 89.6 Å². The molecule has 1 aromatic carbocycles. The van der Waals surface area contributed by atoms with Crippen LogP contribution in [0.15, 0.2) is 29.6 Å². The second kappa shape index (κ2) is 8.40. The minimum atomic E-state index is -0.331. The number of rotatable bonds is 5. The van der Waals surface area contributed by atoms with Gasteiger partial charge in [-0.1, -0.05) is 11.6 Å². The Morgan fingerprint density at radius 1 is 1.24 bits per heavy atom. The first-order valence-electron chi connectivity index (χ1n) is 8.69. The molecule has 7 nitrogen and oxygen atoms in total. The van der Waals surface area contributed by atoms with Gasteiger partial charge in [-0.2, -0.15) is 0 Å². The van der Waals surface area contributed by atoms with Crippen LogP contribution in [0.1, 0.15) is 22.2 Å². The van der Waals surface area contributed by atoms with Gasteiger partial charge < -0.3 is 14.8 Å². The third-order valence-corrected chi connectivity index (χ3v) is 6.16. The lowest BCUT2D eigenvalue weighted by Gasteiger charge is -2.20. The summed E-state index contributed by atoms with van der Waals surface area (Å²) in [6.45, 7) is 2.81. The molecule has 0 saturated heterocycles. The summed E-state index contributed by atoms with van der Waals surface area (Å²) in [5.41, 5.74) is 1.13. The van der Waals surface area contributed by atoms with Gasteiger partial charge in [0.2, 0.25) is 5.91 Å². The minimum Gasteiger partial charge on any atom is -0.486 e. The fraction of sp³-hybridized carbons (Fsp3) is 0.211. The van der Waals surface area contributed by atoms with Crippen molar-refractivity contribution in [3.05, 3.63) is 45.1 Å². The van der Waals surface area contributed by atoms with Crippen LogP contribution in [0, 0.1) is 0 Å². The first kappa shape index (κ1) is 19.7. The van der Waals surface area contributed by atoms with E-state index in [9.17, 15) is 9.59 Å². The predicted octanol–water partition coefficient (Wildman–Crippen LogP) is 4.18.